The zero-order chi connectivity index (χ0) is 13.2. The van der Waals surface area contributed by atoms with Gasteiger partial charge in [-0.15, -0.1) is 0 Å². The van der Waals surface area contributed by atoms with Crippen LogP contribution in [-0.2, 0) is 6.54 Å². The maximum absolute atomic E-state index is 5.56. The van der Waals surface area contributed by atoms with E-state index < -0.39 is 0 Å². The topological polar surface area (TPSA) is 58.3 Å². The molecule has 1 aromatic heterocycles. The lowest BCUT2D eigenvalue weighted by molar-refractivity contribution is 0.723. The molecule has 0 aliphatic carbocycles. The minimum absolute atomic E-state index is 0.461. The van der Waals surface area contributed by atoms with E-state index in [2.05, 4.69) is 51.1 Å². The zero-order valence-corrected chi connectivity index (χ0v) is 11.0. The van der Waals surface area contributed by atoms with E-state index >= 15 is 0 Å². The molecule has 1 aliphatic heterocycles. The summed E-state index contributed by atoms with van der Waals surface area (Å²) in [6.45, 7) is 2.76. The van der Waals surface area contributed by atoms with E-state index in [1.54, 1.807) is 12.4 Å². The molecule has 1 aliphatic rings. The molecule has 5 heteroatoms. The van der Waals surface area contributed by atoms with Crippen molar-refractivity contribution < 1.29 is 0 Å². The number of aromatic nitrogens is 2. The second-order valence-corrected chi connectivity index (χ2v) is 4.76. The lowest BCUT2D eigenvalue weighted by Gasteiger charge is -2.36. The molecule has 0 fully saturated rings. The van der Waals surface area contributed by atoms with Gasteiger partial charge in [0.2, 0.25) is 0 Å². The third-order valence-electron chi connectivity index (χ3n) is 3.42. The molecule has 0 saturated heterocycles. The maximum Gasteiger partial charge on any atom is 0.141 e. The Morgan fingerprint density at radius 2 is 1.89 bits per heavy atom. The number of benzene rings is 1. The van der Waals surface area contributed by atoms with Gasteiger partial charge in [0.25, 0.3) is 0 Å². The zero-order valence-electron chi connectivity index (χ0n) is 11.0. The van der Waals surface area contributed by atoms with Crippen molar-refractivity contribution in [3.05, 3.63) is 42.4 Å². The van der Waals surface area contributed by atoms with Crippen LogP contribution < -0.4 is 15.5 Å². The lowest BCUT2D eigenvalue weighted by atomic mass is 10.1. The quantitative estimate of drug-likeness (QED) is 0.881. The van der Waals surface area contributed by atoms with Gasteiger partial charge < -0.3 is 15.5 Å². The molecule has 5 nitrogen and oxygen atoms in total. The number of nitrogen functional groups attached to an aromatic ring is 1. The summed E-state index contributed by atoms with van der Waals surface area (Å²) in [4.78, 5) is 13.0. The van der Waals surface area contributed by atoms with Crippen molar-refractivity contribution in [2.45, 2.75) is 6.54 Å². The monoisotopic (exact) mass is 255 g/mol. The fourth-order valence-corrected chi connectivity index (χ4v) is 2.37. The highest BCUT2D eigenvalue weighted by atomic mass is 15.3. The number of fused-ring (bicyclic) bond motifs is 1. The molecule has 2 heterocycles. The molecule has 19 heavy (non-hydrogen) atoms. The first-order chi connectivity index (χ1) is 9.24. The van der Waals surface area contributed by atoms with Crippen LogP contribution in [0.1, 0.15) is 5.69 Å². The number of nitrogens with two attached hydrogens (primary N) is 1. The summed E-state index contributed by atoms with van der Waals surface area (Å²) in [6.07, 6.45) is 3.35. The first kappa shape index (κ1) is 11.8. The van der Waals surface area contributed by atoms with Gasteiger partial charge in [0.05, 0.1) is 36.0 Å². The third kappa shape index (κ3) is 2.31. The minimum atomic E-state index is 0.461. The van der Waals surface area contributed by atoms with E-state index in [-0.39, 0.29) is 0 Å². The number of para-hydroxylation sites is 2. The Morgan fingerprint density at radius 1 is 1.11 bits per heavy atom. The summed E-state index contributed by atoms with van der Waals surface area (Å²) in [5.41, 5.74) is 9.01. The Kier molecular flexibility index (Phi) is 2.95. The van der Waals surface area contributed by atoms with Crippen molar-refractivity contribution in [1.29, 1.82) is 0 Å². The number of hydrogen-bond donors (Lipinski definition) is 1. The summed E-state index contributed by atoms with van der Waals surface area (Å²) in [5.74, 6) is 0.461. The van der Waals surface area contributed by atoms with Gasteiger partial charge in [-0.3, -0.25) is 4.98 Å². The van der Waals surface area contributed by atoms with E-state index in [1.807, 2.05) is 0 Å². The molecule has 0 amide bonds. The highest BCUT2D eigenvalue weighted by Gasteiger charge is 2.19. The Morgan fingerprint density at radius 3 is 2.63 bits per heavy atom. The molecular formula is C14H17N5. The van der Waals surface area contributed by atoms with E-state index in [1.165, 1.54) is 11.4 Å². The van der Waals surface area contributed by atoms with E-state index in [0.717, 1.165) is 25.3 Å². The average molecular weight is 255 g/mol. The van der Waals surface area contributed by atoms with Crippen LogP contribution >= 0.6 is 0 Å². The minimum Gasteiger partial charge on any atom is -0.382 e. The fourth-order valence-electron chi connectivity index (χ4n) is 2.37. The van der Waals surface area contributed by atoms with Crippen molar-refractivity contribution in [2.24, 2.45) is 0 Å². The van der Waals surface area contributed by atoms with Gasteiger partial charge in [0.1, 0.15) is 5.82 Å². The molecule has 98 valence electrons. The maximum atomic E-state index is 5.56. The van der Waals surface area contributed by atoms with Crippen LogP contribution in [0.5, 0.6) is 0 Å². The predicted octanol–water partition coefficient (Wildman–Crippen LogP) is 1.52. The fraction of sp³-hybridized carbons (Fsp3) is 0.286. The molecule has 1 aromatic carbocycles. The van der Waals surface area contributed by atoms with Gasteiger partial charge in [-0.25, -0.2) is 4.98 Å². The summed E-state index contributed by atoms with van der Waals surface area (Å²) in [7, 11) is 2.12. The van der Waals surface area contributed by atoms with E-state index in [4.69, 9.17) is 5.73 Å². The van der Waals surface area contributed by atoms with Crippen LogP contribution in [0.4, 0.5) is 17.2 Å². The first-order valence-electron chi connectivity index (χ1n) is 6.35. The number of anilines is 3. The van der Waals surface area contributed by atoms with Crippen LogP contribution in [0.25, 0.3) is 0 Å². The summed E-state index contributed by atoms with van der Waals surface area (Å²) in [5, 5.41) is 0. The number of likely N-dealkylation sites (N-methyl/N-ethyl adjacent to an activating group) is 1. The number of hydrogen-bond acceptors (Lipinski definition) is 5. The van der Waals surface area contributed by atoms with Crippen molar-refractivity contribution in [2.75, 3.05) is 35.7 Å². The Bertz CT molecular complexity index is 566. The number of nitrogens with zero attached hydrogens (tertiary/aromatic N) is 4. The van der Waals surface area contributed by atoms with Crippen molar-refractivity contribution in [3.8, 4) is 0 Å². The van der Waals surface area contributed by atoms with Gasteiger partial charge in [-0.05, 0) is 12.1 Å². The molecule has 0 bridgehead atoms. The molecular weight excluding hydrogens is 238 g/mol. The molecule has 0 spiro atoms. The lowest BCUT2D eigenvalue weighted by Crippen LogP contribution is -2.38. The van der Waals surface area contributed by atoms with E-state index in [0.29, 0.717) is 5.82 Å². The van der Waals surface area contributed by atoms with Gasteiger partial charge in [-0.2, -0.15) is 0 Å². The SMILES string of the molecule is CN1CCN(Cc2cnc(N)cn2)c2ccccc21. The van der Waals surface area contributed by atoms with Crippen LogP contribution in [-0.4, -0.2) is 30.1 Å². The van der Waals surface area contributed by atoms with Gasteiger partial charge >= 0.3 is 0 Å². The summed E-state index contributed by atoms with van der Waals surface area (Å²) in [6, 6.07) is 8.44. The standard InChI is InChI=1S/C14H17N5/c1-18-6-7-19(13-5-3-2-4-12(13)18)10-11-8-17-14(15)9-16-11/h2-5,8-9H,6-7,10H2,1H3,(H2,15,17). The van der Waals surface area contributed by atoms with Gasteiger partial charge in [-0.1, -0.05) is 12.1 Å². The van der Waals surface area contributed by atoms with Crippen LogP contribution in [0.2, 0.25) is 0 Å². The highest BCUT2D eigenvalue weighted by molar-refractivity contribution is 5.73. The first-order valence-corrected chi connectivity index (χ1v) is 6.35. The predicted molar refractivity (Wildman–Crippen MR) is 77.2 cm³/mol. The van der Waals surface area contributed by atoms with Gasteiger partial charge in [0.15, 0.2) is 0 Å². The summed E-state index contributed by atoms with van der Waals surface area (Å²) < 4.78 is 0. The third-order valence-corrected chi connectivity index (χ3v) is 3.42. The Labute approximate surface area is 112 Å². The molecule has 3 rings (SSSR count). The smallest absolute Gasteiger partial charge is 0.141 e. The molecule has 2 aromatic rings. The van der Waals surface area contributed by atoms with Crippen LogP contribution in [0, 0.1) is 0 Å². The van der Waals surface area contributed by atoms with Crippen molar-refractivity contribution in [1.82, 2.24) is 9.97 Å². The molecule has 0 unspecified atom stereocenters. The normalized spacial score (nSPS) is 14.4. The Hall–Kier alpha value is -2.30. The van der Waals surface area contributed by atoms with Crippen molar-refractivity contribution >= 4 is 17.2 Å². The molecule has 0 saturated carbocycles. The van der Waals surface area contributed by atoms with E-state index in [9.17, 15) is 0 Å². The van der Waals surface area contributed by atoms with Crippen LogP contribution in [0.15, 0.2) is 36.7 Å². The average Bonchev–Trinajstić information content (AvgIpc) is 2.45. The highest BCUT2D eigenvalue weighted by Crippen LogP contribution is 2.32. The summed E-state index contributed by atoms with van der Waals surface area (Å²) >= 11 is 0. The molecule has 0 radical (unpaired) electrons. The van der Waals surface area contributed by atoms with Crippen molar-refractivity contribution in [3.63, 3.8) is 0 Å². The second-order valence-electron chi connectivity index (χ2n) is 4.76. The Balaban J connectivity index is 1.86. The second kappa shape index (κ2) is 4.76. The molecule has 0 atom stereocenters. The largest absolute Gasteiger partial charge is 0.382 e. The molecule has 2 N–H and O–H groups in total. The van der Waals surface area contributed by atoms with Crippen LogP contribution in [0.3, 0.4) is 0 Å². The van der Waals surface area contributed by atoms with Gasteiger partial charge in [0, 0.05) is 20.1 Å². The number of rotatable bonds is 2.